The zero-order chi connectivity index (χ0) is 10.7. The summed E-state index contributed by atoms with van der Waals surface area (Å²) in [6.45, 7) is 0. The van der Waals surface area contributed by atoms with Crippen molar-refractivity contribution < 1.29 is 4.74 Å². The van der Waals surface area contributed by atoms with Crippen LogP contribution in [0.15, 0.2) is 41.2 Å². The summed E-state index contributed by atoms with van der Waals surface area (Å²) in [6, 6.07) is 10.6. The van der Waals surface area contributed by atoms with E-state index in [0.29, 0.717) is 5.69 Å². The van der Waals surface area contributed by atoms with Crippen LogP contribution in [0.2, 0.25) is 0 Å². The molecule has 0 fully saturated rings. The van der Waals surface area contributed by atoms with Crippen molar-refractivity contribution in [1.29, 1.82) is 0 Å². The van der Waals surface area contributed by atoms with Gasteiger partial charge in [-0.05, 0) is 18.2 Å². The van der Waals surface area contributed by atoms with Gasteiger partial charge < -0.3 is 4.74 Å². The number of ether oxygens (including phenoxy) is 1. The maximum Gasteiger partial charge on any atom is 0.264 e. The van der Waals surface area contributed by atoms with Crippen LogP contribution in [-0.2, 0) is 0 Å². The van der Waals surface area contributed by atoms with Gasteiger partial charge in [-0.3, -0.25) is 4.79 Å². The molecular weight excluding hydrogens is 192 g/mol. The summed E-state index contributed by atoms with van der Waals surface area (Å²) in [6.07, 6.45) is 0. The molecule has 0 unspecified atom stereocenters. The van der Waals surface area contributed by atoms with Crippen LogP contribution in [-0.4, -0.2) is 17.3 Å². The molecule has 2 rings (SSSR count). The summed E-state index contributed by atoms with van der Waals surface area (Å²) >= 11 is 0. The highest BCUT2D eigenvalue weighted by molar-refractivity contribution is 5.66. The maximum atomic E-state index is 10.9. The number of hydrogen-bond acceptors (Lipinski definition) is 3. The number of aromatic amines is 1. The van der Waals surface area contributed by atoms with E-state index in [-0.39, 0.29) is 5.56 Å². The fourth-order valence-electron chi connectivity index (χ4n) is 1.35. The number of para-hydroxylation sites is 1. The molecule has 0 bridgehead atoms. The molecule has 0 aliphatic heterocycles. The Morgan fingerprint density at radius 3 is 2.67 bits per heavy atom. The fraction of sp³-hybridized carbons (Fsp3) is 0.0909. The molecule has 0 atom stereocenters. The lowest BCUT2D eigenvalue weighted by Gasteiger charge is -2.06. The van der Waals surface area contributed by atoms with E-state index in [4.69, 9.17) is 4.74 Å². The Kier molecular flexibility index (Phi) is 2.49. The van der Waals surface area contributed by atoms with Crippen molar-refractivity contribution in [3.8, 4) is 17.0 Å². The standard InChI is InChI=1S/C11H10N2O2/c1-15-10-5-3-2-4-8(10)9-6-7-11(14)13-12-9/h2-7H,1H3,(H,13,14). The average molecular weight is 202 g/mol. The molecule has 0 amide bonds. The summed E-state index contributed by atoms with van der Waals surface area (Å²) < 4.78 is 5.20. The minimum Gasteiger partial charge on any atom is -0.496 e. The van der Waals surface area contributed by atoms with Crippen LogP contribution in [0.25, 0.3) is 11.3 Å². The van der Waals surface area contributed by atoms with Crippen molar-refractivity contribution in [3.63, 3.8) is 0 Å². The molecule has 0 saturated heterocycles. The second-order valence-corrected chi connectivity index (χ2v) is 3.01. The number of benzene rings is 1. The van der Waals surface area contributed by atoms with Crippen LogP contribution < -0.4 is 10.3 Å². The Bertz CT molecular complexity index is 499. The van der Waals surface area contributed by atoms with Gasteiger partial charge in [0.05, 0.1) is 12.8 Å². The molecule has 4 nitrogen and oxygen atoms in total. The number of nitrogens with one attached hydrogen (secondary N) is 1. The van der Waals surface area contributed by atoms with Gasteiger partial charge in [0.2, 0.25) is 0 Å². The first kappa shape index (κ1) is 9.45. The van der Waals surface area contributed by atoms with Gasteiger partial charge in [0.1, 0.15) is 5.75 Å². The van der Waals surface area contributed by atoms with E-state index >= 15 is 0 Å². The van der Waals surface area contributed by atoms with Crippen LogP contribution in [0.1, 0.15) is 0 Å². The maximum absolute atomic E-state index is 10.9. The van der Waals surface area contributed by atoms with Gasteiger partial charge in [-0.1, -0.05) is 12.1 Å². The molecule has 1 aromatic heterocycles. The van der Waals surface area contributed by atoms with E-state index < -0.39 is 0 Å². The van der Waals surface area contributed by atoms with Crippen LogP contribution in [0, 0.1) is 0 Å². The van der Waals surface area contributed by atoms with Gasteiger partial charge in [-0.2, -0.15) is 5.10 Å². The first-order chi connectivity index (χ1) is 7.31. The number of hydrogen-bond donors (Lipinski definition) is 1. The Labute approximate surface area is 86.5 Å². The number of rotatable bonds is 2. The van der Waals surface area contributed by atoms with Gasteiger partial charge in [0.15, 0.2) is 0 Å². The quantitative estimate of drug-likeness (QED) is 0.801. The zero-order valence-electron chi connectivity index (χ0n) is 8.23. The average Bonchev–Trinajstić information content (AvgIpc) is 2.30. The summed E-state index contributed by atoms with van der Waals surface area (Å²) in [5.74, 6) is 0.733. The lowest BCUT2D eigenvalue weighted by atomic mass is 10.1. The monoisotopic (exact) mass is 202 g/mol. The van der Waals surface area contributed by atoms with Crippen molar-refractivity contribution >= 4 is 0 Å². The largest absolute Gasteiger partial charge is 0.496 e. The Balaban J connectivity index is 2.53. The van der Waals surface area contributed by atoms with E-state index in [0.717, 1.165) is 11.3 Å². The molecule has 0 saturated carbocycles. The second-order valence-electron chi connectivity index (χ2n) is 3.01. The summed E-state index contributed by atoms with van der Waals surface area (Å²) in [4.78, 5) is 10.9. The van der Waals surface area contributed by atoms with Gasteiger partial charge in [0.25, 0.3) is 5.56 Å². The summed E-state index contributed by atoms with van der Waals surface area (Å²) in [5.41, 5.74) is 1.33. The van der Waals surface area contributed by atoms with E-state index in [2.05, 4.69) is 10.2 Å². The van der Waals surface area contributed by atoms with E-state index in [1.807, 2.05) is 24.3 Å². The summed E-state index contributed by atoms with van der Waals surface area (Å²) in [5, 5.41) is 6.33. The molecule has 0 aliphatic carbocycles. The Morgan fingerprint density at radius 2 is 2.00 bits per heavy atom. The third-order valence-electron chi connectivity index (χ3n) is 2.06. The Hall–Kier alpha value is -2.10. The predicted octanol–water partition coefficient (Wildman–Crippen LogP) is 1.45. The highest BCUT2D eigenvalue weighted by Crippen LogP contribution is 2.26. The molecule has 15 heavy (non-hydrogen) atoms. The number of H-pyrrole nitrogens is 1. The first-order valence-corrected chi connectivity index (χ1v) is 4.50. The molecule has 0 aliphatic rings. The molecule has 0 spiro atoms. The lowest BCUT2D eigenvalue weighted by Crippen LogP contribution is -2.05. The highest BCUT2D eigenvalue weighted by Gasteiger charge is 2.05. The Morgan fingerprint density at radius 1 is 1.20 bits per heavy atom. The predicted molar refractivity (Wildman–Crippen MR) is 56.8 cm³/mol. The molecule has 4 heteroatoms. The topological polar surface area (TPSA) is 55.0 Å². The molecule has 1 N–H and O–H groups in total. The van der Waals surface area contributed by atoms with Crippen LogP contribution in [0.5, 0.6) is 5.75 Å². The van der Waals surface area contributed by atoms with Gasteiger partial charge in [-0.25, -0.2) is 5.10 Å². The first-order valence-electron chi connectivity index (χ1n) is 4.50. The minimum absolute atomic E-state index is 0.214. The van der Waals surface area contributed by atoms with Gasteiger partial charge in [0, 0.05) is 11.6 Å². The van der Waals surface area contributed by atoms with E-state index in [1.54, 1.807) is 13.2 Å². The highest BCUT2D eigenvalue weighted by atomic mass is 16.5. The third kappa shape index (κ3) is 1.88. The van der Waals surface area contributed by atoms with Crippen molar-refractivity contribution in [3.05, 3.63) is 46.8 Å². The van der Waals surface area contributed by atoms with E-state index in [1.165, 1.54) is 6.07 Å². The van der Waals surface area contributed by atoms with Crippen molar-refractivity contribution in [2.75, 3.05) is 7.11 Å². The van der Waals surface area contributed by atoms with Crippen LogP contribution in [0.3, 0.4) is 0 Å². The van der Waals surface area contributed by atoms with Crippen molar-refractivity contribution in [1.82, 2.24) is 10.2 Å². The minimum atomic E-state index is -0.214. The number of methoxy groups -OCH3 is 1. The normalized spacial score (nSPS) is 9.93. The van der Waals surface area contributed by atoms with E-state index in [9.17, 15) is 4.79 Å². The lowest BCUT2D eigenvalue weighted by molar-refractivity contribution is 0.416. The molecule has 76 valence electrons. The summed E-state index contributed by atoms with van der Waals surface area (Å²) in [7, 11) is 1.60. The van der Waals surface area contributed by atoms with Gasteiger partial charge in [-0.15, -0.1) is 0 Å². The second kappa shape index (κ2) is 3.96. The molecule has 0 radical (unpaired) electrons. The molecule has 1 heterocycles. The fourth-order valence-corrected chi connectivity index (χ4v) is 1.35. The SMILES string of the molecule is COc1ccccc1-c1ccc(=O)[nH]n1. The zero-order valence-corrected chi connectivity index (χ0v) is 8.23. The smallest absolute Gasteiger partial charge is 0.264 e. The number of nitrogens with zero attached hydrogens (tertiary/aromatic N) is 1. The van der Waals surface area contributed by atoms with Gasteiger partial charge >= 0.3 is 0 Å². The molecule has 1 aromatic carbocycles. The van der Waals surface area contributed by atoms with Crippen molar-refractivity contribution in [2.45, 2.75) is 0 Å². The molecule has 2 aromatic rings. The number of aromatic nitrogens is 2. The third-order valence-corrected chi connectivity index (χ3v) is 2.06. The molecular formula is C11H10N2O2. The van der Waals surface area contributed by atoms with Crippen LogP contribution in [0.4, 0.5) is 0 Å². The van der Waals surface area contributed by atoms with Crippen molar-refractivity contribution in [2.24, 2.45) is 0 Å². The van der Waals surface area contributed by atoms with Crippen LogP contribution >= 0.6 is 0 Å².